The van der Waals surface area contributed by atoms with Crippen LogP contribution < -0.4 is 4.74 Å². The van der Waals surface area contributed by atoms with Crippen molar-refractivity contribution in [2.45, 2.75) is 31.2 Å². The third-order valence-corrected chi connectivity index (χ3v) is 8.19. The van der Waals surface area contributed by atoms with Gasteiger partial charge in [0.25, 0.3) is 0 Å². The third kappa shape index (κ3) is 5.12. The molecule has 0 N–H and O–H groups in total. The van der Waals surface area contributed by atoms with Crippen molar-refractivity contribution in [2.75, 3.05) is 26.7 Å². The van der Waals surface area contributed by atoms with Gasteiger partial charge >= 0.3 is 0 Å². The molecule has 1 aromatic heterocycles. The molecule has 9 heteroatoms. The highest BCUT2D eigenvalue weighted by Crippen LogP contribution is 2.28. The van der Waals surface area contributed by atoms with E-state index in [1.54, 1.807) is 29.2 Å². The molecule has 2 aromatic rings. The molecule has 29 heavy (non-hydrogen) atoms. The summed E-state index contributed by atoms with van der Waals surface area (Å²) in [6.45, 7) is 3.62. The topological polar surface area (TPSA) is 66.9 Å². The van der Waals surface area contributed by atoms with Crippen molar-refractivity contribution in [1.82, 2.24) is 9.21 Å². The minimum Gasteiger partial charge on any atom is -0.497 e. The molecule has 1 unspecified atom stereocenters. The number of sulfonamides is 1. The lowest BCUT2D eigenvalue weighted by Crippen LogP contribution is -2.46. The summed E-state index contributed by atoms with van der Waals surface area (Å²) in [5.41, 5.74) is 0. The summed E-state index contributed by atoms with van der Waals surface area (Å²) in [4.78, 5) is 16.1. The Labute approximate surface area is 181 Å². The third-order valence-electron chi connectivity index (χ3n) is 5.10. The summed E-state index contributed by atoms with van der Waals surface area (Å²) < 4.78 is 33.3. The Kier molecular flexibility index (Phi) is 7.21. The first kappa shape index (κ1) is 22.1. The van der Waals surface area contributed by atoms with Crippen LogP contribution in [0.25, 0.3) is 0 Å². The van der Waals surface area contributed by atoms with Gasteiger partial charge in [0.2, 0.25) is 15.9 Å². The Hall–Kier alpha value is -1.61. The number of amides is 1. The van der Waals surface area contributed by atoms with Crippen LogP contribution in [0.15, 0.2) is 41.3 Å². The van der Waals surface area contributed by atoms with Gasteiger partial charge in [-0.05, 0) is 56.2 Å². The molecule has 3 rings (SSSR count). The molecule has 6 nitrogen and oxygen atoms in total. The van der Waals surface area contributed by atoms with Crippen molar-refractivity contribution in [1.29, 1.82) is 0 Å². The maximum atomic E-state index is 13.1. The van der Waals surface area contributed by atoms with Crippen LogP contribution in [0.5, 0.6) is 5.75 Å². The van der Waals surface area contributed by atoms with E-state index >= 15 is 0 Å². The number of ether oxygens (including phenoxy) is 1. The van der Waals surface area contributed by atoms with Gasteiger partial charge in [-0.3, -0.25) is 4.79 Å². The normalized spacial score (nSPS) is 17.8. The van der Waals surface area contributed by atoms with Gasteiger partial charge < -0.3 is 9.64 Å². The summed E-state index contributed by atoms with van der Waals surface area (Å²) >= 11 is 7.45. The molecular formula is C20H25ClN2O4S2. The summed E-state index contributed by atoms with van der Waals surface area (Å²) in [6, 6.07) is 10.1. The van der Waals surface area contributed by atoms with Gasteiger partial charge in [0.1, 0.15) is 5.75 Å². The highest BCUT2D eigenvalue weighted by atomic mass is 35.5. The van der Waals surface area contributed by atoms with E-state index in [1.165, 1.54) is 22.8 Å². The quantitative estimate of drug-likeness (QED) is 0.634. The number of methoxy groups -OCH3 is 1. The molecule has 0 bridgehead atoms. The standard InChI is InChI=1S/C20H25ClN2O4S2/c1-3-22(14-17-8-11-19(21)28-17)20(24)15-5-4-12-23(13-15)29(25,26)18-9-6-16(27-2)7-10-18/h6-11,15H,3-5,12-14H2,1-2H3. The fourth-order valence-electron chi connectivity index (χ4n) is 3.49. The van der Waals surface area contributed by atoms with Crippen LogP contribution in [0.4, 0.5) is 0 Å². The number of hydrogen-bond donors (Lipinski definition) is 0. The molecule has 1 saturated heterocycles. The molecule has 1 atom stereocenters. The Morgan fingerprint density at radius 2 is 2.00 bits per heavy atom. The van der Waals surface area contributed by atoms with E-state index in [0.29, 0.717) is 42.6 Å². The number of carbonyl (C=O) groups is 1. The van der Waals surface area contributed by atoms with Crippen molar-refractivity contribution in [2.24, 2.45) is 5.92 Å². The molecule has 0 radical (unpaired) electrons. The Morgan fingerprint density at radius 3 is 2.59 bits per heavy atom. The van der Waals surface area contributed by atoms with Gasteiger partial charge in [-0.25, -0.2) is 8.42 Å². The van der Waals surface area contributed by atoms with Crippen LogP contribution >= 0.6 is 22.9 Å². The first-order valence-electron chi connectivity index (χ1n) is 9.52. The van der Waals surface area contributed by atoms with E-state index in [9.17, 15) is 13.2 Å². The summed E-state index contributed by atoms with van der Waals surface area (Å²) in [5.74, 6) is 0.252. The summed E-state index contributed by atoms with van der Waals surface area (Å²) in [6.07, 6.45) is 1.35. The molecule has 158 valence electrons. The van der Waals surface area contributed by atoms with E-state index in [1.807, 2.05) is 19.1 Å². The Bertz CT molecular complexity index is 944. The predicted molar refractivity (Wildman–Crippen MR) is 115 cm³/mol. The van der Waals surface area contributed by atoms with Gasteiger partial charge in [0.05, 0.1) is 28.8 Å². The zero-order valence-corrected chi connectivity index (χ0v) is 18.9. The van der Waals surface area contributed by atoms with Crippen molar-refractivity contribution in [3.8, 4) is 5.75 Å². The van der Waals surface area contributed by atoms with E-state index < -0.39 is 10.0 Å². The fourth-order valence-corrected chi connectivity index (χ4v) is 6.11. The van der Waals surface area contributed by atoms with E-state index in [2.05, 4.69) is 0 Å². The van der Waals surface area contributed by atoms with E-state index in [0.717, 1.165) is 4.88 Å². The van der Waals surface area contributed by atoms with Crippen LogP contribution in [0, 0.1) is 5.92 Å². The predicted octanol–water partition coefficient (Wildman–Crippen LogP) is 3.86. The maximum Gasteiger partial charge on any atom is 0.243 e. The number of thiophene rings is 1. The lowest BCUT2D eigenvalue weighted by Gasteiger charge is -2.34. The van der Waals surface area contributed by atoms with Gasteiger partial charge in [-0.2, -0.15) is 4.31 Å². The Balaban J connectivity index is 1.72. The van der Waals surface area contributed by atoms with Gasteiger partial charge in [0, 0.05) is 24.5 Å². The molecule has 1 fully saturated rings. The number of rotatable bonds is 7. The second kappa shape index (κ2) is 9.47. The first-order chi connectivity index (χ1) is 13.8. The minimum atomic E-state index is -3.65. The van der Waals surface area contributed by atoms with Crippen LogP contribution in [-0.4, -0.2) is 50.3 Å². The SMILES string of the molecule is CCN(Cc1ccc(Cl)s1)C(=O)C1CCCN(S(=O)(=O)c2ccc(OC)cc2)C1. The average Bonchev–Trinajstić information content (AvgIpc) is 3.16. The Morgan fingerprint density at radius 1 is 1.28 bits per heavy atom. The summed E-state index contributed by atoms with van der Waals surface area (Å²) in [5, 5.41) is 0. The largest absolute Gasteiger partial charge is 0.497 e. The van der Waals surface area contributed by atoms with Gasteiger partial charge in [0.15, 0.2) is 0 Å². The zero-order valence-electron chi connectivity index (χ0n) is 16.5. The molecule has 0 aliphatic carbocycles. The zero-order chi connectivity index (χ0) is 21.0. The van der Waals surface area contributed by atoms with Crippen LogP contribution in [-0.2, 0) is 21.4 Å². The van der Waals surface area contributed by atoms with Crippen molar-refractivity contribution >= 4 is 38.9 Å². The monoisotopic (exact) mass is 456 g/mol. The number of carbonyl (C=O) groups excluding carboxylic acids is 1. The molecule has 1 aliphatic rings. The maximum absolute atomic E-state index is 13.1. The molecule has 1 aromatic carbocycles. The van der Waals surface area contributed by atoms with Crippen molar-refractivity contribution in [3.05, 3.63) is 45.6 Å². The van der Waals surface area contributed by atoms with Gasteiger partial charge in [-0.1, -0.05) is 11.6 Å². The van der Waals surface area contributed by atoms with Crippen LogP contribution in [0.3, 0.4) is 0 Å². The highest BCUT2D eigenvalue weighted by molar-refractivity contribution is 7.89. The number of benzene rings is 1. The lowest BCUT2D eigenvalue weighted by molar-refractivity contribution is -0.137. The van der Waals surface area contributed by atoms with E-state index in [4.69, 9.17) is 16.3 Å². The second-order valence-corrected chi connectivity index (χ2v) is 10.7. The number of halogens is 1. The number of nitrogens with zero attached hydrogens (tertiary/aromatic N) is 2. The lowest BCUT2D eigenvalue weighted by atomic mass is 9.98. The van der Waals surface area contributed by atoms with Crippen LogP contribution in [0.2, 0.25) is 4.34 Å². The minimum absolute atomic E-state index is 0.00773. The van der Waals surface area contributed by atoms with Crippen molar-refractivity contribution < 1.29 is 17.9 Å². The van der Waals surface area contributed by atoms with E-state index in [-0.39, 0.29) is 23.3 Å². The van der Waals surface area contributed by atoms with Gasteiger partial charge in [-0.15, -0.1) is 11.3 Å². The first-order valence-corrected chi connectivity index (χ1v) is 12.2. The molecule has 1 aliphatic heterocycles. The molecular weight excluding hydrogens is 432 g/mol. The molecule has 0 saturated carbocycles. The highest BCUT2D eigenvalue weighted by Gasteiger charge is 2.35. The number of piperidine rings is 1. The average molecular weight is 457 g/mol. The van der Waals surface area contributed by atoms with Crippen LogP contribution in [0.1, 0.15) is 24.6 Å². The second-order valence-electron chi connectivity index (χ2n) is 6.94. The van der Waals surface area contributed by atoms with Crippen molar-refractivity contribution in [3.63, 3.8) is 0 Å². The molecule has 0 spiro atoms. The smallest absolute Gasteiger partial charge is 0.243 e. The summed E-state index contributed by atoms with van der Waals surface area (Å²) in [7, 11) is -2.11. The molecule has 1 amide bonds. The molecule has 2 heterocycles. The number of hydrogen-bond acceptors (Lipinski definition) is 5. The fraction of sp³-hybridized carbons (Fsp3) is 0.450.